The van der Waals surface area contributed by atoms with E-state index in [9.17, 15) is 0 Å². The van der Waals surface area contributed by atoms with Crippen LogP contribution in [0.4, 0.5) is 0 Å². The molecule has 0 aromatic carbocycles. The first kappa shape index (κ1) is 4.84. The van der Waals surface area contributed by atoms with Crippen LogP contribution in [0.5, 0.6) is 0 Å². The lowest BCUT2D eigenvalue weighted by atomic mass is 10.2. The van der Waals surface area contributed by atoms with Crippen LogP contribution in [0.15, 0.2) is 0 Å². The van der Waals surface area contributed by atoms with Crippen LogP contribution < -0.4 is 0 Å². The molecule has 4 atom stereocenters. The van der Waals surface area contributed by atoms with Crippen molar-refractivity contribution in [3.8, 4) is 0 Å². The Bertz CT molecular complexity index is 103. The number of hydrogen-bond acceptors (Lipinski definition) is 0. The van der Waals surface area contributed by atoms with E-state index in [0.717, 1.165) is 0 Å². The Hall–Kier alpha value is 0. The Kier molecular flexibility index (Phi) is 0.678. The van der Waals surface area contributed by atoms with Crippen molar-refractivity contribution >= 4 is 0 Å². The first-order valence-corrected chi connectivity index (χ1v) is 3.45. The zero-order chi connectivity index (χ0) is 4.43. The number of fused-ring (bicyclic) bond motifs is 3. The molecule has 0 aromatic heterocycles. The van der Waals surface area contributed by atoms with E-state index in [1.165, 1.54) is 23.7 Å². The molecule has 3 aliphatic rings. The van der Waals surface area contributed by atoms with Crippen molar-refractivity contribution in [1.29, 1.82) is 0 Å². The van der Waals surface area contributed by atoms with Crippen LogP contribution in [0.1, 0.15) is 26.7 Å². The Balaban J connectivity index is 0.000000270. The van der Waals surface area contributed by atoms with Crippen LogP contribution >= 0.6 is 0 Å². The van der Waals surface area contributed by atoms with Gasteiger partial charge in [-0.1, -0.05) is 7.43 Å². The van der Waals surface area contributed by atoms with Crippen molar-refractivity contribution in [1.82, 2.24) is 0 Å². The SMILES string of the molecule is C.C1C2CC2C2CC12. The molecule has 3 saturated carbocycles. The molecule has 0 amide bonds. The molecule has 3 aliphatic carbocycles. The first-order chi connectivity index (χ1) is 3.45. The fraction of sp³-hybridized carbons (Fsp3) is 1.00. The second kappa shape index (κ2) is 1.12. The number of hydrogen-bond donors (Lipinski definition) is 0. The third-order valence-corrected chi connectivity index (χ3v) is 3.11. The van der Waals surface area contributed by atoms with Crippen molar-refractivity contribution in [3.63, 3.8) is 0 Å². The van der Waals surface area contributed by atoms with E-state index in [-0.39, 0.29) is 7.43 Å². The molecule has 0 heterocycles. The van der Waals surface area contributed by atoms with Gasteiger partial charge in [-0.3, -0.25) is 0 Å². The molecule has 8 heavy (non-hydrogen) atoms. The molecule has 3 rings (SSSR count). The van der Waals surface area contributed by atoms with Crippen LogP contribution in [-0.4, -0.2) is 0 Å². The quantitative estimate of drug-likeness (QED) is 0.449. The average molecular weight is 110 g/mol. The monoisotopic (exact) mass is 110 g/mol. The lowest BCUT2D eigenvalue weighted by Gasteiger charge is -1.82. The molecular formula is C8H14. The molecule has 0 saturated heterocycles. The van der Waals surface area contributed by atoms with Gasteiger partial charge in [0, 0.05) is 0 Å². The largest absolute Gasteiger partial charge is 0.0776 e. The molecule has 0 N–H and O–H groups in total. The molecule has 0 heteroatoms. The van der Waals surface area contributed by atoms with Gasteiger partial charge in [0.05, 0.1) is 0 Å². The summed E-state index contributed by atoms with van der Waals surface area (Å²) in [6.45, 7) is 0. The van der Waals surface area contributed by atoms with E-state index in [1.54, 1.807) is 19.3 Å². The maximum Gasteiger partial charge on any atom is -0.0352 e. The van der Waals surface area contributed by atoms with E-state index in [0.29, 0.717) is 0 Å². The van der Waals surface area contributed by atoms with Gasteiger partial charge in [-0.2, -0.15) is 0 Å². The summed E-state index contributed by atoms with van der Waals surface area (Å²) in [7, 11) is 0. The van der Waals surface area contributed by atoms with Gasteiger partial charge < -0.3 is 0 Å². The predicted molar refractivity (Wildman–Crippen MR) is 34.5 cm³/mol. The molecule has 46 valence electrons. The molecule has 4 unspecified atom stereocenters. The Morgan fingerprint density at radius 2 is 1.25 bits per heavy atom. The summed E-state index contributed by atoms with van der Waals surface area (Å²) >= 11 is 0. The van der Waals surface area contributed by atoms with Gasteiger partial charge in [-0.15, -0.1) is 0 Å². The van der Waals surface area contributed by atoms with Gasteiger partial charge in [0.25, 0.3) is 0 Å². The van der Waals surface area contributed by atoms with Crippen LogP contribution in [0.3, 0.4) is 0 Å². The highest BCUT2D eigenvalue weighted by Crippen LogP contribution is 2.69. The van der Waals surface area contributed by atoms with E-state index in [1.807, 2.05) is 0 Å². The third-order valence-electron chi connectivity index (χ3n) is 3.11. The van der Waals surface area contributed by atoms with E-state index < -0.39 is 0 Å². The second-order valence-electron chi connectivity index (χ2n) is 3.55. The van der Waals surface area contributed by atoms with E-state index in [4.69, 9.17) is 0 Å². The number of rotatable bonds is 0. The van der Waals surface area contributed by atoms with Gasteiger partial charge >= 0.3 is 0 Å². The van der Waals surface area contributed by atoms with Gasteiger partial charge in [0.2, 0.25) is 0 Å². The van der Waals surface area contributed by atoms with Crippen molar-refractivity contribution in [2.45, 2.75) is 26.7 Å². The average Bonchev–Trinajstić information content (AvgIpc) is 2.47. The highest BCUT2D eigenvalue weighted by Gasteiger charge is 2.60. The lowest BCUT2D eigenvalue weighted by Crippen LogP contribution is -1.72. The van der Waals surface area contributed by atoms with Crippen molar-refractivity contribution in [2.75, 3.05) is 0 Å². The van der Waals surface area contributed by atoms with Crippen LogP contribution in [0.2, 0.25) is 0 Å². The molecule has 0 bridgehead atoms. The Labute approximate surface area is 51.3 Å². The molecule has 0 nitrogen and oxygen atoms in total. The normalized spacial score (nSPS) is 63.0. The van der Waals surface area contributed by atoms with Crippen molar-refractivity contribution < 1.29 is 0 Å². The fourth-order valence-corrected chi connectivity index (χ4v) is 2.52. The smallest absolute Gasteiger partial charge is 0.0352 e. The minimum absolute atomic E-state index is 0. The minimum atomic E-state index is 0. The van der Waals surface area contributed by atoms with Gasteiger partial charge in [-0.05, 0) is 42.9 Å². The fourth-order valence-electron chi connectivity index (χ4n) is 2.52. The topological polar surface area (TPSA) is 0 Å². The minimum Gasteiger partial charge on any atom is -0.0776 e. The first-order valence-electron chi connectivity index (χ1n) is 3.45. The van der Waals surface area contributed by atoms with Crippen LogP contribution in [0.25, 0.3) is 0 Å². The van der Waals surface area contributed by atoms with Crippen LogP contribution in [-0.2, 0) is 0 Å². The molecule has 0 aliphatic heterocycles. The van der Waals surface area contributed by atoms with Crippen molar-refractivity contribution in [2.24, 2.45) is 23.7 Å². The summed E-state index contributed by atoms with van der Waals surface area (Å²) in [5.74, 6) is 4.99. The summed E-state index contributed by atoms with van der Waals surface area (Å²) < 4.78 is 0. The predicted octanol–water partition coefficient (Wildman–Crippen LogP) is 2.30. The van der Waals surface area contributed by atoms with E-state index >= 15 is 0 Å². The maximum absolute atomic E-state index is 1.62. The third kappa shape index (κ3) is 0.375. The van der Waals surface area contributed by atoms with Crippen molar-refractivity contribution in [3.05, 3.63) is 0 Å². The van der Waals surface area contributed by atoms with Crippen LogP contribution in [0, 0.1) is 23.7 Å². The van der Waals surface area contributed by atoms with Gasteiger partial charge in [0.1, 0.15) is 0 Å². The van der Waals surface area contributed by atoms with E-state index in [2.05, 4.69) is 0 Å². The second-order valence-corrected chi connectivity index (χ2v) is 3.55. The van der Waals surface area contributed by atoms with Gasteiger partial charge in [-0.25, -0.2) is 0 Å². The zero-order valence-electron chi connectivity index (χ0n) is 4.43. The standard InChI is InChI=1S/C7H10.CH4/c1-4-2-6(4)7-3-5(1)7;/h4-7H,1-3H2;1H4. The summed E-state index contributed by atoms with van der Waals surface area (Å²) in [5.41, 5.74) is 0. The summed E-state index contributed by atoms with van der Waals surface area (Å²) in [6.07, 6.45) is 4.84. The summed E-state index contributed by atoms with van der Waals surface area (Å²) in [6, 6.07) is 0. The summed E-state index contributed by atoms with van der Waals surface area (Å²) in [4.78, 5) is 0. The highest BCUT2D eigenvalue weighted by molar-refractivity contribution is 5.10. The lowest BCUT2D eigenvalue weighted by molar-refractivity contribution is 0.689. The molecule has 0 radical (unpaired) electrons. The Morgan fingerprint density at radius 1 is 0.750 bits per heavy atom. The highest BCUT2D eigenvalue weighted by atomic mass is 14.7. The molecule has 0 aromatic rings. The molecule has 3 fully saturated rings. The maximum atomic E-state index is 1.62. The van der Waals surface area contributed by atoms with Gasteiger partial charge in [0.15, 0.2) is 0 Å². The zero-order valence-corrected chi connectivity index (χ0v) is 4.43. The summed E-state index contributed by atoms with van der Waals surface area (Å²) in [5, 5.41) is 0. The molecule has 0 spiro atoms. The molecular weight excluding hydrogens is 96.1 g/mol. The Morgan fingerprint density at radius 3 is 1.50 bits per heavy atom.